The molecule has 1 unspecified atom stereocenters. The Morgan fingerprint density at radius 2 is 0.833 bits per heavy atom. The van der Waals surface area contributed by atoms with Gasteiger partial charge < -0.3 is 0 Å². The molecule has 0 saturated carbocycles. The highest BCUT2D eigenvalue weighted by atomic mass is 19.4. The first-order valence-corrected chi connectivity index (χ1v) is 6.64. The summed E-state index contributed by atoms with van der Waals surface area (Å²) in [6.45, 7) is -5.67. The Hall–Kier alpha value is -1.72. The van der Waals surface area contributed by atoms with Crippen LogP contribution in [0.1, 0.15) is 0 Å². The van der Waals surface area contributed by atoms with E-state index < -0.39 is 71.7 Å². The van der Waals surface area contributed by atoms with Gasteiger partial charge in [0.05, 0.1) is 22.5 Å². The minimum Gasteiger partial charge on any atom is -0.181 e. The maximum absolute atomic E-state index is 13.0. The highest BCUT2D eigenvalue weighted by Crippen LogP contribution is 2.62. The summed E-state index contributed by atoms with van der Waals surface area (Å²) in [5.41, 5.74) is -18.1. The first kappa shape index (κ1) is 26.3. The lowest BCUT2D eigenvalue weighted by molar-refractivity contribution is -0.167. The molecule has 1 rings (SSSR count). The summed E-state index contributed by atoms with van der Waals surface area (Å²) in [7, 11) is 0. The van der Waals surface area contributed by atoms with Gasteiger partial charge in [-0.25, -0.2) is 0 Å². The van der Waals surface area contributed by atoms with Crippen LogP contribution in [-0.4, -0.2) is 43.7 Å². The van der Waals surface area contributed by atoms with Crippen LogP contribution < -0.4 is 0 Å². The molecule has 0 aromatic carbocycles. The van der Waals surface area contributed by atoms with E-state index in [9.17, 15) is 79.0 Å². The summed E-state index contributed by atoms with van der Waals surface area (Å²) in [6.07, 6.45) is -43.0. The van der Waals surface area contributed by atoms with Crippen molar-refractivity contribution >= 4 is 6.71 Å². The van der Waals surface area contributed by atoms with Crippen LogP contribution in [0.25, 0.3) is 0 Å². The molecule has 0 amide bonds. The average molecular weight is 486 g/mol. The van der Waals surface area contributed by atoms with Crippen LogP contribution in [-0.2, 0) is 0 Å². The van der Waals surface area contributed by atoms with Crippen molar-refractivity contribution in [3.63, 3.8) is 0 Å². The second-order valence-corrected chi connectivity index (χ2v) is 5.61. The van der Waals surface area contributed by atoms with Gasteiger partial charge in [0.1, 0.15) is 0 Å². The van der Waals surface area contributed by atoms with Crippen molar-refractivity contribution in [1.82, 2.24) is 0 Å². The second kappa shape index (κ2) is 6.90. The SMILES string of the molecule is FC(F)(F)B1C(C(F)(F)F)=C(C(F)(F)F)C(C(F)(F)F)=C(C(F)(F)F)C1C(F)(F)F. The zero-order valence-electron chi connectivity index (χ0n) is 13.0. The minimum atomic E-state index is -7.20. The van der Waals surface area contributed by atoms with Crippen LogP contribution in [0.4, 0.5) is 79.0 Å². The van der Waals surface area contributed by atoms with Gasteiger partial charge in [-0.3, -0.25) is 0 Å². The third kappa shape index (κ3) is 4.95. The van der Waals surface area contributed by atoms with Gasteiger partial charge in [-0.05, 0) is 0 Å². The van der Waals surface area contributed by atoms with Crippen molar-refractivity contribution in [1.29, 1.82) is 0 Å². The molecule has 174 valence electrons. The first-order valence-electron chi connectivity index (χ1n) is 6.64. The number of rotatable bonds is 0. The lowest BCUT2D eigenvalue weighted by Gasteiger charge is -2.40. The summed E-state index contributed by atoms with van der Waals surface area (Å²) in [5.74, 6) is -5.67. The van der Waals surface area contributed by atoms with Gasteiger partial charge in [0, 0.05) is 5.47 Å². The van der Waals surface area contributed by atoms with E-state index in [1.54, 1.807) is 0 Å². The predicted octanol–water partition coefficient (Wildman–Crippen LogP) is 6.91. The lowest BCUT2D eigenvalue weighted by atomic mass is 9.31. The van der Waals surface area contributed by atoms with Crippen molar-refractivity contribution in [3.8, 4) is 0 Å². The third-order valence-electron chi connectivity index (χ3n) is 3.63. The van der Waals surface area contributed by atoms with Gasteiger partial charge in [0.2, 0.25) is 0 Å². The molecule has 0 aromatic heterocycles. The Labute approximate surface area is 152 Å². The topological polar surface area (TPSA) is 0 Å². The van der Waals surface area contributed by atoms with E-state index in [1.165, 1.54) is 0 Å². The predicted molar refractivity (Wildman–Crippen MR) is 59.9 cm³/mol. The first-order chi connectivity index (χ1) is 12.7. The zero-order valence-corrected chi connectivity index (χ0v) is 13.0. The van der Waals surface area contributed by atoms with E-state index in [-0.39, 0.29) is 0 Å². The van der Waals surface area contributed by atoms with E-state index in [4.69, 9.17) is 0 Å². The second-order valence-electron chi connectivity index (χ2n) is 5.61. The van der Waals surface area contributed by atoms with E-state index in [1.807, 2.05) is 0 Å². The van der Waals surface area contributed by atoms with Crippen LogP contribution >= 0.6 is 0 Å². The van der Waals surface area contributed by atoms with Gasteiger partial charge in [-0.1, -0.05) is 0 Å². The Morgan fingerprint density at radius 1 is 0.467 bits per heavy atom. The van der Waals surface area contributed by atoms with Gasteiger partial charge in [0.25, 0.3) is 0 Å². The standard InChI is InChI=1S/C11HBF18/c13-6(14,15)1-2(7(16,17)18)4(9(22,23)24)12(11(28,29)30)5(10(25,26)27)3(1)8(19,20)21/h4H. The fourth-order valence-electron chi connectivity index (χ4n) is 2.84. The molecule has 0 spiro atoms. The number of hydrogen-bond donors (Lipinski definition) is 0. The van der Waals surface area contributed by atoms with E-state index in [2.05, 4.69) is 0 Å². The van der Waals surface area contributed by atoms with E-state index >= 15 is 0 Å². The average Bonchev–Trinajstić information content (AvgIpc) is 2.37. The van der Waals surface area contributed by atoms with Gasteiger partial charge in [-0.15, -0.1) is 0 Å². The Kier molecular flexibility index (Phi) is 6.05. The summed E-state index contributed by atoms with van der Waals surface area (Å²) in [4.78, 5) is 0. The maximum atomic E-state index is 13.0. The molecule has 0 bridgehead atoms. The van der Waals surface area contributed by atoms with Crippen molar-refractivity contribution in [2.45, 2.75) is 42.8 Å². The molecule has 0 nitrogen and oxygen atoms in total. The maximum Gasteiger partial charge on any atom is 0.417 e. The Bertz CT molecular complexity index is 665. The molecule has 1 aliphatic rings. The molecule has 0 saturated heterocycles. The van der Waals surface area contributed by atoms with Crippen molar-refractivity contribution in [2.24, 2.45) is 0 Å². The molecule has 0 N–H and O–H groups in total. The highest BCUT2D eigenvalue weighted by Gasteiger charge is 2.74. The van der Waals surface area contributed by atoms with Crippen LogP contribution in [0.5, 0.6) is 0 Å². The summed E-state index contributed by atoms with van der Waals surface area (Å²) in [6, 6.07) is 0. The summed E-state index contributed by atoms with van der Waals surface area (Å²) >= 11 is 0. The van der Waals surface area contributed by atoms with E-state index in [0.717, 1.165) is 0 Å². The Morgan fingerprint density at radius 3 is 1.03 bits per heavy atom. The monoisotopic (exact) mass is 486 g/mol. The van der Waals surface area contributed by atoms with Crippen LogP contribution in [0.15, 0.2) is 22.2 Å². The molecular formula is C11HBF18. The van der Waals surface area contributed by atoms with Gasteiger partial charge >= 0.3 is 43.7 Å². The van der Waals surface area contributed by atoms with Crippen LogP contribution in [0.3, 0.4) is 0 Å². The molecule has 19 heteroatoms. The fraction of sp³-hybridized carbons (Fsp3) is 0.636. The molecule has 1 heterocycles. The van der Waals surface area contributed by atoms with E-state index in [0.29, 0.717) is 0 Å². The molecule has 0 fully saturated rings. The lowest BCUT2D eigenvalue weighted by Crippen LogP contribution is -2.56. The Balaban J connectivity index is 4.53. The number of hydrogen-bond acceptors (Lipinski definition) is 0. The molecule has 1 aliphatic heterocycles. The number of allylic oxidation sites excluding steroid dienone is 4. The highest BCUT2D eigenvalue weighted by molar-refractivity contribution is 6.72. The zero-order chi connectivity index (χ0) is 24.5. The summed E-state index contributed by atoms with van der Waals surface area (Å²) in [5, 5.41) is 0. The fourth-order valence-corrected chi connectivity index (χ4v) is 2.84. The van der Waals surface area contributed by atoms with Crippen molar-refractivity contribution in [3.05, 3.63) is 22.2 Å². The normalized spacial score (nSPS) is 21.0. The molecule has 0 radical (unpaired) electrons. The molecular weight excluding hydrogens is 485 g/mol. The third-order valence-corrected chi connectivity index (χ3v) is 3.63. The van der Waals surface area contributed by atoms with Gasteiger partial charge in [-0.2, -0.15) is 79.0 Å². The van der Waals surface area contributed by atoms with Gasteiger partial charge in [0.15, 0.2) is 0 Å². The van der Waals surface area contributed by atoms with Crippen LogP contribution in [0.2, 0.25) is 5.82 Å². The number of halogens is 18. The summed E-state index contributed by atoms with van der Waals surface area (Å²) < 4.78 is 233. The van der Waals surface area contributed by atoms with Crippen LogP contribution in [0, 0.1) is 0 Å². The quantitative estimate of drug-likeness (QED) is 0.258. The number of alkyl halides is 18. The molecule has 0 aliphatic carbocycles. The molecule has 30 heavy (non-hydrogen) atoms. The largest absolute Gasteiger partial charge is 0.417 e. The minimum absolute atomic E-state index is 4.48. The molecule has 0 aromatic rings. The van der Waals surface area contributed by atoms with Crippen molar-refractivity contribution in [2.75, 3.05) is 0 Å². The smallest absolute Gasteiger partial charge is 0.181 e. The molecule has 1 atom stereocenters. The van der Waals surface area contributed by atoms with Crippen molar-refractivity contribution < 1.29 is 79.0 Å².